The molecular weight excluding hydrogens is 257 g/mol. The molecule has 1 heterocycles. The Morgan fingerprint density at radius 1 is 1.35 bits per heavy atom. The highest BCUT2D eigenvalue weighted by Gasteiger charge is 2.31. The van der Waals surface area contributed by atoms with Crippen molar-refractivity contribution in [3.05, 3.63) is 29.6 Å². The topological polar surface area (TPSA) is 32.7 Å². The Morgan fingerprint density at radius 2 is 2.15 bits per heavy atom. The molecule has 0 amide bonds. The molecule has 1 aliphatic rings. The highest BCUT2D eigenvalue weighted by atomic mass is 19.1. The number of likely N-dealkylation sites (tertiary alicyclic amines) is 1. The predicted octanol–water partition coefficient (Wildman–Crippen LogP) is 2.61. The van der Waals surface area contributed by atoms with Crippen molar-refractivity contribution >= 4 is 0 Å². The van der Waals surface area contributed by atoms with Gasteiger partial charge in [-0.05, 0) is 44.0 Å². The minimum absolute atomic E-state index is 0.245. The second kappa shape index (κ2) is 6.55. The number of nitrogens with zero attached hydrogens (tertiary/aromatic N) is 1. The molecule has 1 aromatic rings. The van der Waals surface area contributed by atoms with Crippen LogP contribution in [0, 0.1) is 5.82 Å². The van der Waals surface area contributed by atoms with Crippen molar-refractivity contribution in [3.8, 4) is 5.75 Å². The van der Waals surface area contributed by atoms with Crippen molar-refractivity contribution in [1.82, 2.24) is 4.90 Å². The third kappa shape index (κ3) is 3.49. The summed E-state index contributed by atoms with van der Waals surface area (Å²) in [5.74, 6) is -0.102. The van der Waals surface area contributed by atoms with E-state index in [0.29, 0.717) is 18.4 Å². The Balaban J connectivity index is 2.12. The van der Waals surface area contributed by atoms with Gasteiger partial charge in [0.25, 0.3) is 0 Å². The first-order valence-corrected chi connectivity index (χ1v) is 7.34. The Kier molecular flexibility index (Phi) is 5.00. The molecule has 1 aliphatic heterocycles. The molecule has 0 saturated carbocycles. The molecule has 0 aromatic heterocycles. The van der Waals surface area contributed by atoms with Crippen molar-refractivity contribution in [2.45, 2.75) is 38.2 Å². The molecule has 112 valence electrons. The first-order valence-electron chi connectivity index (χ1n) is 7.34. The predicted molar refractivity (Wildman–Crippen MR) is 77.6 cm³/mol. The number of halogens is 1. The van der Waals surface area contributed by atoms with Crippen LogP contribution in [-0.2, 0) is 6.42 Å². The smallest absolute Gasteiger partial charge is 0.168 e. The van der Waals surface area contributed by atoms with Crippen LogP contribution in [0.25, 0.3) is 0 Å². The fourth-order valence-corrected chi connectivity index (χ4v) is 2.93. The average molecular weight is 281 g/mol. The number of ether oxygens (including phenoxy) is 1. The quantitative estimate of drug-likeness (QED) is 0.921. The molecule has 1 atom stereocenters. The third-order valence-corrected chi connectivity index (χ3v) is 4.24. The summed E-state index contributed by atoms with van der Waals surface area (Å²) in [6.07, 6.45) is 2.72. The first kappa shape index (κ1) is 15.3. The Hall–Kier alpha value is -1.13. The fraction of sp³-hybridized carbons (Fsp3) is 0.625. The summed E-state index contributed by atoms with van der Waals surface area (Å²) in [5, 5.41) is 10.8. The maximum Gasteiger partial charge on any atom is 0.168 e. The van der Waals surface area contributed by atoms with Crippen LogP contribution in [0.2, 0.25) is 0 Å². The number of hydrogen-bond donors (Lipinski definition) is 1. The van der Waals surface area contributed by atoms with Gasteiger partial charge in [0.05, 0.1) is 12.7 Å². The zero-order chi connectivity index (χ0) is 14.6. The summed E-state index contributed by atoms with van der Waals surface area (Å²) in [6, 6.07) is 5.11. The molecule has 1 saturated heterocycles. The van der Waals surface area contributed by atoms with Gasteiger partial charge >= 0.3 is 0 Å². The van der Waals surface area contributed by atoms with Gasteiger partial charge in [-0.2, -0.15) is 0 Å². The lowest BCUT2D eigenvalue weighted by Crippen LogP contribution is -2.33. The zero-order valence-corrected chi connectivity index (χ0v) is 12.4. The van der Waals surface area contributed by atoms with Gasteiger partial charge < -0.3 is 14.7 Å². The molecular formula is C16H24FNO2. The van der Waals surface area contributed by atoms with E-state index in [4.69, 9.17) is 4.74 Å². The van der Waals surface area contributed by atoms with Gasteiger partial charge in [0, 0.05) is 13.0 Å². The standard InChI is InChI=1S/C16H24FNO2/c1-3-18-10-5-8-16(19,9-11-18)12-13-6-4-7-14(20-2)15(13)17/h4,6-7,19H,3,5,8-12H2,1-2H3. The molecule has 1 unspecified atom stereocenters. The van der Waals surface area contributed by atoms with Crippen molar-refractivity contribution < 1.29 is 14.2 Å². The fourth-order valence-electron chi connectivity index (χ4n) is 2.93. The van der Waals surface area contributed by atoms with E-state index in [1.54, 1.807) is 18.2 Å². The lowest BCUT2D eigenvalue weighted by molar-refractivity contribution is 0.0250. The molecule has 20 heavy (non-hydrogen) atoms. The number of hydrogen-bond acceptors (Lipinski definition) is 3. The van der Waals surface area contributed by atoms with Gasteiger partial charge in [-0.1, -0.05) is 19.1 Å². The van der Waals surface area contributed by atoms with E-state index in [9.17, 15) is 9.50 Å². The highest BCUT2D eigenvalue weighted by molar-refractivity contribution is 5.32. The van der Waals surface area contributed by atoms with Crippen LogP contribution in [-0.4, -0.2) is 42.4 Å². The molecule has 1 fully saturated rings. The summed E-state index contributed by atoms with van der Waals surface area (Å²) < 4.78 is 19.2. The number of aliphatic hydroxyl groups is 1. The average Bonchev–Trinajstić information content (AvgIpc) is 2.63. The van der Waals surface area contributed by atoms with Crippen LogP contribution >= 0.6 is 0 Å². The minimum Gasteiger partial charge on any atom is -0.494 e. The van der Waals surface area contributed by atoms with Gasteiger partial charge in [0.15, 0.2) is 11.6 Å². The molecule has 1 aromatic carbocycles. The van der Waals surface area contributed by atoms with Crippen molar-refractivity contribution in [2.24, 2.45) is 0 Å². The van der Waals surface area contributed by atoms with E-state index in [1.165, 1.54) is 7.11 Å². The summed E-state index contributed by atoms with van der Waals surface area (Å²) in [5.41, 5.74) is -0.270. The molecule has 0 spiro atoms. The van der Waals surface area contributed by atoms with Crippen LogP contribution in [0.5, 0.6) is 5.75 Å². The van der Waals surface area contributed by atoms with E-state index < -0.39 is 5.60 Å². The van der Waals surface area contributed by atoms with Gasteiger partial charge in [-0.25, -0.2) is 4.39 Å². The van der Waals surface area contributed by atoms with Crippen molar-refractivity contribution in [1.29, 1.82) is 0 Å². The van der Waals surface area contributed by atoms with Gasteiger partial charge in [-0.15, -0.1) is 0 Å². The minimum atomic E-state index is -0.808. The molecule has 0 radical (unpaired) electrons. The van der Waals surface area contributed by atoms with Crippen molar-refractivity contribution in [3.63, 3.8) is 0 Å². The first-order chi connectivity index (χ1) is 9.58. The maximum absolute atomic E-state index is 14.2. The van der Waals surface area contributed by atoms with Crippen LogP contribution in [0.1, 0.15) is 31.7 Å². The number of methoxy groups -OCH3 is 1. The second-order valence-electron chi connectivity index (χ2n) is 5.62. The number of benzene rings is 1. The monoisotopic (exact) mass is 281 g/mol. The normalized spacial score (nSPS) is 24.4. The Bertz CT molecular complexity index is 452. The summed E-state index contributed by atoms with van der Waals surface area (Å²) in [7, 11) is 1.46. The highest BCUT2D eigenvalue weighted by Crippen LogP contribution is 2.29. The molecule has 3 nitrogen and oxygen atoms in total. The zero-order valence-electron chi connectivity index (χ0n) is 12.4. The van der Waals surface area contributed by atoms with E-state index in [0.717, 1.165) is 32.5 Å². The molecule has 1 N–H and O–H groups in total. The van der Waals surface area contributed by atoms with Crippen LogP contribution in [0.3, 0.4) is 0 Å². The van der Waals surface area contributed by atoms with Crippen LogP contribution in [0.15, 0.2) is 18.2 Å². The second-order valence-corrected chi connectivity index (χ2v) is 5.62. The molecule has 4 heteroatoms. The van der Waals surface area contributed by atoms with Crippen molar-refractivity contribution in [2.75, 3.05) is 26.7 Å². The Morgan fingerprint density at radius 3 is 2.85 bits per heavy atom. The SMILES string of the molecule is CCN1CCCC(O)(Cc2cccc(OC)c2F)CC1. The van der Waals surface area contributed by atoms with Crippen LogP contribution in [0.4, 0.5) is 4.39 Å². The summed E-state index contributed by atoms with van der Waals surface area (Å²) in [4.78, 5) is 2.33. The largest absolute Gasteiger partial charge is 0.494 e. The maximum atomic E-state index is 14.2. The summed E-state index contributed by atoms with van der Waals surface area (Å²) in [6.45, 7) is 5.02. The lowest BCUT2D eigenvalue weighted by Gasteiger charge is -2.27. The van der Waals surface area contributed by atoms with E-state index in [2.05, 4.69) is 11.8 Å². The molecule has 0 bridgehead atoms. The lowest BCUT2D eigenvalue weighted by atomic mass is 9.87. The van der Waals surface area contributed by atoms with Gasteiger partial charge in [0.1, 0.15) is 0 Å². The number of rotatable bonds is 4. The molecule has 0 aliphatic carbocycles. The molecule has 2 rings (SSSR count). The van der Waals surface area contributed by atoms with E-state index in [1.807, 2.05) is 0 Å². The van der Waals surface area contributed by atoms with Crippen LogP contribution < -0.4 is 4.74 Å². The van der Waals surface area contributed by atoms with Gasteiger partial charge in [-0.3, -0.25) is 0 Å². The van der Waals surface area contributed by atoms with E-state index in [-0.39, 0.29) is 11.6 Å². The van der Waals surface area contributed by atoms with Gasteiger partial charge in [0.2, 0.25) is 0 Å². The third-order valence-electron chi connectivity index (χ3n) is 4.24. The summed E-state index contributed by atoms with van der Waals surface area (Å²) >= 11 is 0. The Labute approximate surface area is 120 Å². The van der Waals surface area contributed by atoms with E-state index >= 15 is 0 Å².